The number of allylic oxidation sites excluding steroid dienone is 1. The molecule has 0 saturated heterocycles. The minimum absolute atomic E-state index is 0.0128. The molecule has 1 aromatic carbocycles. The third-order valence-electron chi connectivity index (χ3n) is 14.9. The summed E-state index contributed by atoms with van der Waals surface area (Å²) in [5, 5.41) is 49.2. The molecule has 3 aliphatic carbocycles. The molecule has 0 amide bonds. The molecule has 12 heteroatoms. The number of nitrogens with one attached hydrogen (secondary N) is 2. The van der Waals surface area contributed by atoms with Crippen molar-refractivity contribution in [3.05, 3.63) is 59.2 Å². The number of unbranched alkanes of at least 4 members (excludes halogenated alkanes) is 1. The average molecular weight is 862 g/mol. The van der Waals surface area contributed by atoms with Crippen molar-refractivity contribution in [2.45, 2.75) is 148 Å². The maximum Gasteiger partial charge on any atom is 0.208 e. The molecule has 3 saturated carbocycles. The van der Waals surface area contributed by atoms with Crippen LogP contribution in [0, 0.1) is 47.0 Å². The van der Waals surface area contributed by atoms with Crippen LogP contribution in [0.1, 0.15) is 129 Å². The predicted octanol–water partition coefficient (Wildman–Crippen LogP) is 6.17. The van der Waals surface area contributed by atoms with Gasteiger partial charge in [0.05, 0.1) is 18.1 Å². The van der Waals surface area contributed by atoms with Gasteiger partial charge in [0.25, 0.3) is 0 Å². The molecular weight excluding hydrogens is 781 g/mol. The van der Waals surface area contributed by atoms with E-state index >= 15 is 0 Å². The van der Waals surface area contributed by atoms with Crippen molar-refractivity contribution < 1.29 is 29.9 Å². The van der Waals surface area contributed by atoms with Crippen LogP contribution in [0.3, 0.4) is 0 Å². The number of hydrogen-bond donors (Lipinski definition) is 8. The first-order valence-corrected chi connectivity index (χ1v) is 24.2. The molecule has 1 aromatic rings. The van der Waals surface area contributed by atoms with Gasteiger partial charge < -0.3 is 52.0 Å². The first kappa shape index (κ1) is 48.2. The lowest BCUT2D eigenvalue weighted by molar-refractivity contribution is -0.0553. The lowest BCUT2D eigenvalue weighted by Gasteiger charge is -2.37. The summed E-state index contributed by atoms with van der Waals surface area (Å²) in [6.07, 6.45) is 24.1. The van der Waals surface area contributed by atoms with Gasteiger partial charge in [-0.3, -0.25) is 4.99 Å². The van der Waals surface area contributed by atoms with E-state index in [2.05, 4.69) is 34.7 Å². The third-order valence-corrected chi connectivity index (χ3v) is 14.9. The molecule has 5 aliphatic rings. The summed E-state index contributed by atoms with van der Waals surface area (Å²) in [5.41, 5.74) is 15.8. The molecule has 2 aliphatic heterocycles. The number of aliphatic hydroxyl groups excluding tert-OH is 3. The maximum atomic E-state index is 11.5. The maximum absolute atomic E-state index is 11.5. The van der Waals surface area contributed by atoms with Gasteiger partial charge in [0.2, 0.25) is 5.70 Å². The van der Waals surface area contributed by atoms with Crippen molar-refractivity contribution >= 4 is 11.7 Å². The van der Waals surface area contributed by atoms with E-state index in [1.165, 1.54) is 70.1 Å². The van der Waals surface area contributed by atoms with Crippen molar-refractivity contribution in [2.75, 3.05) is 46.4 Å². The van der Waals surface area contributed by atoms with Gasteiger partial charge in [0, 0.05) is 46.1 Å². The largest absolute Gasteiger partial charge is 0.504 e. The van der Waals surface area contributed by atoms with Crippen molar-refractivity contribution in [3.63, 3.8) is 0 Å². The highest BCUT2D eigenvalue weighted by Gasteiger charge is 2.58. The number of fused-ring (bicyclic) bond motifs is 3. The van der Waals surface area contributed by atoms with E-state index < -0.39 is 12.2 Å². The normalized spacial score (nSPS) is 25.2. The summed E-state index contributed by atoms with van der Waals surface area (Å²) >= 11 is 0. The first-order valence-electron chi connectivity index (χ1n) is 24.2. The quantitative estimate of drug-likeness (QED) is 0.0186. The fourth-order valence-electron chi connectivity index (χ4n) is 11.6. The van der Waals surface area contributed by atoms with Crippen molar-refractivity contribution in [1.82, 2.24) is 10.6 Å². The molecule has 0 aromatic heterocycles. The van der Waals surface area contributed by atoms with Gasteiger partial charge in [-0.05, 0) is 118 Å². The molecule has 0 radical (unpaired) electrons. The summed E-state index contributed by atoms with van der Waals surface area (Å²) in [6.45, 7) is 7.00. The molecule has 8 atom stereocenters. The molecule has 8 unspecified atom stereocenters. The third kappa shape index (κ3) is 12.9. The number of aromatic hydroxyl groups is 1. The molecule has 346 valence electrons. The van der Waals surface area contributed by atoms with Crippen LogP contribution in [-0.4, -0.2) is 102 Å². The summed E-state index contributed by atoms with van der Waals surface area (Å²) in [4.78, 5) is 9.11. The topological polar surface area (TPSA) is 204 Å². The van der Waals surface area contributed by atoms with Crippen LogP contribution < -0.4 is 26.8 Å². The number of hydrogen-bond acceptors (Lipinski definition) is 9. The number of ether oxygens (including phenoxy) is 2. The second-order valence-electron chi connectivity index (χ2n) is 19.5. The number of benzene rings is 1. The zero-order valence-electron chi connectivity index (χ0n) is 38.2. The number of aliphatic hydroxyl groups is 5. The molecule has 2 heterocycles. The van der Waals surface area contributed by atoms with E-state index in [1.54, 1.807) is 13.1 Å². The lowest BCUT2D eigenvalue weighted by atomic mass is 9.66. The Kier molecular flexibility index (Phi) is 18.4. The van der Waals surface area contributed by atoms with Crippen molar-refractivity contribution in [3.8, 4) is 11.5 Å². The molecule has 12 nitrogen and oxygen atoms in total. The Morgan fingerprint density at radius 3 is 2.65 bits per heavy atom. The molecule has 6 rings (SSSR count). The minimum Gasteiger partial charge on any atom is -0.504 e. The number of phenols is 1. The Morgan fingerprint density at radius 2 is 1.89 bits per heavy atom. The fourth-order valence-corrected chi connectivity index (χ4v) is 11.6. The van der Waals surface area contributed by atoms with Crippen LogP contribution in [0.25, 0.3) is 0 Å². The van der Waals surface area contributed by atoms with Crippen LogP contribution in [0.15, 0.2) is 51.6 Å². The zero-order valence-corrected chi connectivity index (χ0v) is 38.2. The van der Waals surface area contributed by atoms with E-state index in [-0.39, 0.29) is 25.1 Å². The molecular formula is C50H81N6O6+. The highest BCUT2D eigenvalue weighted by molar-refractivity contribution is 6.03. The Hall–Kier alpha value is -3.26. The first-order chi connectivity index (χ1) is 30.0. The molecule has 11 N–H and O–H groups in total. The highest BCUT2D eigenvalue weighted by atomic mass is 16.5. The van der Waals surface area contributed by atoms with Crippen LogP contribution in [0.2, 0.25) is 0 Å². The molecule has 3 fully saturated rings. The second kappa shape index (κ2) is 23.6. The van der Waals surface area contributed by atoms with Crippen molar-refractivity contribution in [1.29, 1.82) is 0 Å². The van der Waals surface area contributed by atoms with Gasteiger partial charge in [-0.1, -0.05) is 57.9 Å². The summed E-state index contributed by atoms with van der Waals surface area (Å²) < 4.78 is 11.2. The number of nitrogens with zero attached hydrogens (tertiary/aromatic N) is 2. The second-order valence-corrected chi connectivity index (χ2v) is 19.5. The van der Waals surface area contributed by atoms with Crippen LogP contribution >= 0.6 is 0 Å². The van der Waals surface area contributed by atoms with E-state index in [0.29, 0.717) is 65.4 Å². The summed E-state index contributed by atoms with van der Waals surface area (Å²) in [7, 11) is 1.70. The monoisotopic (exact) mass is 862 g/mol. The standard InChI is InChI=1S/C50H80N6O6/c1-33(28-55-49(52)53-3)10-8-12-35(20-23-51)11-4-5-15-47-37(31-57)25-38(62-47)18-16-36-17-19-45(59)48(24-36)61-32-46(60)43-26-40-41(30-54-29-34(2)58)39-13-9-14-42(39)50(21-6-7-22-50)27-44(40)56-43/h17,19,24-26,33-35,39,41-42,46-47,54,57-58,60,62H,4-16,18,20-23,27-32,51H2,1-3H3,(H3-,52,53,55,59)/p+1. The van der Waals surface area contributed by atoms with Gasteiger partial charge >= 0.3 is 0 Å². The van der Waals surface area contributed by atoms with E-state index in [4.69, 9.17) is 25.9 Å². The number of nitrogens with two attached hydrogens (primary N) is 2. The number of aliphatic imine (C=N–C) groups is 2. The average Bonchev–Trinajstić information content (AvgIpc) is 4.09. The van der Waals surface area contributed by atoms with Gasteiger partial charge in [-0.25, -0.2) is 0 Å². The SMILES string of the molecule is CN=C(N)NCC(C)CCCC(CCN)CCCCC1[OH+][C-](CCc2ccc(O)c(OCC(O)C3=C[C+]4C(=N3)CC3(CCCC3)C3CCCC3C4CNCC(C)O)c2)C=C1CO. The van der Waals surface area contributed by atoms with Gasteiger partial charge in [-0.2, -0.15) is 0 Å². The Labute approximate surface area is 372 Å². The van der Waals surface area contributed by atoms with E-state index in [0.717, 1.165) is 87.5 Å². The predicted molar refractivity (Wildman–Crippen MR) is 250 cm³/mol. The van der Waals surface area contributed by atoms with Crippen LogP contribution in [0.4, 0.5) is 0 Å². The van der Waals surface area contributed by atoms with Gasteiger partial charge in [-0.15, -0.1) is 16.6 Å². The minimum atomic E-state index is -0.933. The Balaban J connectivity index is 0.966. The number of phenolic OH excluding ortho intramolecular Hbond substituents is 1. The fraction of sp³-hybridized carbons (Fsp3) is 0.720. The number of rotatable bonds is 25. The molecule has 62 heavy (non-hydrogen) atoms. The number of guanidine groups is 1. The lowest BCUT2D eigenvalue weighted by Crippen LogP contribution is -2.38. The summed E-state index contributed by atoms with van der Waals surface area (Å²) in [6, 6.07) is 5.43. The van der Waals surface area contributed by atoms with Gasteiger partial charge in [0.1, 0.15) is 30.4 Å². The van der Waals surface area contributed by atoms with Gasteiger partial charge in [0.15, 0.2) is 23.6 Å². The van der Waals surface area contributed by atoms with Crippen LogP contribution in [0.5, 0.6) is 11.5 Å². The Bertz CT molecular complexity index is 1670. The highest BCUT2D eigenvalue weighted by Crippen LogP contribution is 2.61. The molecule has 1 spiro atoms. The van der Waals surface area contributed by atoms with E-state index in [1.807, 2.05) is 19.1 Å². The Morgan fingerprint density at radius 1 is 1.08 bits per heavy atom. The van der Waals surface area contributed by atoms with E-state index in [9.17, 15) is 20.4 Å². The van der Waals surface area contributed by atoms with Crippen molar-refractivity contribution in [2.24, 2.45) is 56.5 Å². The smallest absolute Gasteiger partial charge is 0.208 e. The number of aryl methyl sites for hydroxylation is 1. The summed E-state index contributed by atoms with van der Waals surface area (Å²) in [5.74, 6) is 4.91. The van der Waals surface area contributed by atoms with Crippen LogP contribution in [-0.2, 0) is 6.42 Å². The zero-order chi connectivity index (χ0) is 44.1. The molecule has 0 bridgehead atoms.